The molecule has 32 heavy (non-hydrogen) atoms. The minimum Gasteiger partial charge on any atom is -0.507 e. The summed E-state index contributed by atoms with van der Waals surface area (Å²) in [4.78, 5) is 37.8. The van der Waals surface area contributed by atoms with Gasteiger partial charge in [0, 0.05) is 18.8 Å². The number of aryl methyl sites for hydroxylation is 1. The zero-order chi connectivity index (χ0) is 23.4. The Labute approximate surface area is 191 Å². The number of hydrogen-bond donors (Lipinski definition) is 2. The number of phenols is 1. The zero-order valence-corrected chi connectivity index (χ0v) is 18.9. The van der Waals surface area contributed by atoms with E-state index in [1.54, 1.807) is 31.9 Å². The summed E-state index contributed by atoms with van der Waals surface area (Å²) in [6.07, 6.45) is 2.99. The minimum absolute atomic E-state index is 0.0897. The molecule has 8 nitrogen and oxygen atoms in total. The van der Waals surface area contributed by atoms with E-state index in [2.05, 4.69) is 10.1 Å². The Kier molecular flexibility index (Phi) is 7.25. The second-order valence-electron chi connectivity index (χ2n) is 7.56. The molecule has 1 fully saturated rings. The molecule has 0 bridgehead atoms. The summed E-state index contributed by atoms with van der Waals surface area (Å²) in [5.74, 6) is -1.67. The van der Waals surface area contributed by atoms with Crippen molar-refractivity contribution in [2.45, 2.75) is 39.2 Å². The third-order valence-electron chi connectivity index (χ3n) is 5.31. The molecule has 2 aromatic rings. The number of carbonyl (C=O) groups excluding carboxylic acids is 3. The van der Waals surface area contributed by atoms with Gasteiger partial charge in [0.2, 0.25) is 0 Å². The van der Waals surface area contributed by atoms with E-state index in [9.17, 15) is 19.5 Å². The zero-order valence-electron chi connectivity index (χ0n) is 18.1. The van der Waals surface area contributed by atoms with Crippen LogP contribution >= 0.6 is 11.6 Å². The van der Waals surface area contributed by atoms with Crippen LogP contribution in [0.2, 0.25) is 5.02 Å². The van der Waals surface area contributed by atoms with E-state index in [4.69, 9.17) is 16.3 Å². The van der Waals surface area contributed by atoms with Crippen molar-refractivity contribution in [2.24, 2.45) is 0 Å². The average Bonchev–Trinajstić information content (AvgIpc) is 2.70. The quantitative estimate of drug-likeness (QED) is 0.492. The Morgan fingerprint density at radius 1 is 1.22 bits per heavy atom. The van der Waals surface area contributed by atoms with Gasteiger partial charge in [0.25, 0.3) is 5.91 Å². The van der Waals surface area contributed by atoms with Crippen molar-refractivity contribution in [1.82, 2.24) is 4.90 Å². The van der Waals surface area contributed by atoms with Crippen LogP contribution in [-0.2, 0) is 14.3 Å². The topological polar surface area (TPSA) is 105 Å². The maximum atomic E-state index is 12.8. The summed E-state index contributed by atoms with van der Waals surface area (Å²) in [6, 6.07) is 7.61. The molecule has 9 heteroatoms. The Bertz CT molecular complexity index is 1030. The first-order chi connectivity index (χ1) is 15.2. The fraction of sp³-hybridized carbons (Fsp3) is 0.348. The van der Waals surface area contributed by atoms with E-state index >= 15 is 0 Å². The summed E-state index contributed by atoms with van der Waals surface area (Å²) >= 11 is 6.34. The number of ether oxygens (including phenoxy) is 2. The molecule has 0 aromatic heterocycles. The highest BCUT2D eigenvalue weighted by molar-refractivity contribution is 6.37. The molecular formula is C23H25ClN2O6. The predicted octanol–water partition coefficient (Wildman–Crippen LogP) is 4.27. The predicted molar refractivity (Wildman–Crippen MR) is 119 cm³/mol. The first-order valence-corrected chi connectivity index (χ1v) is 10.6. The number of carbonyl (C=O) groups is 3. The maximum absolute atomic E-state index is 12.8. The number of amides is 2. The molecule has 1 aliphatic rings. The molecular weight excluding hydrogens is 436 g/mol. The van der Waals surface area contributed by atoms with Crippen molar-refractivity contribution in [3.05, 3.63) is 46.5 Å². The van der Waals surface area contributed by atoms with Crippen LogP contribution in [-0.4, -0.2) is 47.5 Å². The maximum Gasteiger partial charge on any atom is 0.397 e. The number of anilines is 1. The van der Waals surface area contributed by atoms with Gasteiger partial charge in [-0.25, -0.2) is 4.79 Å². The van der Waals surface area contributed by atoms with Crippen molar-refractivity contribution in [2.75, 3.05) is 19.0 Å². The monoisotopic (exact) mass is 460 g/mol. The van der Waals surface area contributed by atoms with E-state index in [1.807, 2.05) is 0 Å². The lowest BCUT2D eigenvalue weighted by molar-refractivity contribution is -0.152. The van der Waals surface area contributed by atoms with Gasteiger partial charge in [-0.1, -0.05) is 11.6 Å². The molecule has 1 saturated carbocycles. The summed E-state index contributed by atoms with van der Waals surface area (Å²) in [5, 5.41) is 12.8. The number of halogens is 1. The van der Waals surface area contributed by atoms with Crippen LogP contribution in [0.25, 0.3) is 0 Å². The molecule has 170 valence electrons. The smallest absolute Gasteiger partial charge is 0.397 e. The van der Waals surface area contributed by atoms with Gasteiger partial charge in [-0.3, -0.25) is 9.59 Å². The first kappa shape index (κ1) is 23.4. The molecule has 2 amide bonds. The molecule has 0 radical (unpaired) electrons. The van der Waals surface area contributed by atoms with Gasteiger partial charge in [-0.05, 0) is 69.0 Å². The van der Waals surface area contributed by atoms with Gasteiger partial charge < -0.3 is 24.8 Å². The van der Waals surface area contributed by atoms with E-state index in [-0.39, 0.29) is 34.9 Å². The van der Waals surface area contributed by atoms with Crippen LogP contribution in [0, 0.1) is 6.92 Å². The van der Waals surface area contributed by atoms with E-state index in [0.717, 1.165) is 19.3 Å². The molecule has 2 N–H and O–H groups in total. The molecule has 0 aliphatic heterocycles. The summed E-state index contributed by atoms with van der Waals surface area (Å²) in [7, 11) is 1.73. The number of nitrogens with one attached hydrogen (secondary N) is 1. The molecule has 0 atom stereocenters. The van der Waals surface area contributed by atoms with Crippen molar-refractivity contribution < 1.29 is 29.0 Å². The molecule has 0 spiro atoms. The van der Waals surface area contributed by atoms with E-state index < -0.39 is 11.9 Å². The number of benzene rings is 2. The van der Waals surface area contributed by atoms with Gasteiger partial charge in [-0.15, -0.1) is 0 Å². The van der Waals surface area contributed by atoms with Gasteiger partial charge in [0.1, 0.15) is 17.2 Å². The molecule has 2 aromatic carbocycles. The fourth-order valence-corrected chi connectivity index (χ4v) is 3.61. The largest absolute Gasteiger partial charge is 0.507 e. The van der Waals surface area contributed by atoms with Crippen LogP contribution in [0.5, 0.6) is 17.2 Å². The Balaban J connectivity index is 1.79. The number of esters is 1. The van der Waals surface area contributed by atoms with Crippen LogP contribution in [0.3, 0.4) is 0 Å². The molecule has 0 unspecified atom stereocenters. The SMILES string of the molecule is CCOC(=O)C(=O)Nc1cc(C)c(Oc2ccc(O)c(C(=O)N(C)C3CCC3)c2)c(Cl)c1. The van der Waals surface area contributed by atoms with Gasteiger partial charge in [0.05, 0.1) is 17.2 Å². The average molecular weight is 461 g/mol. The Morgan fingerprint density at radius 3 is 2.53 bits per heavy atom. The second-order valence-corrected chi connectivity index (χ2v) is 7.97. The van der Waals surface area contributed by atoms with Crippen molar-refractivity contribution >= 4 is 35.1 Å². The highest BCUT2D eigenvalue weighted by atomic mass is 35.5. The lowest BCUT2D eigenvalue weighted by Gasteiger charge is -2.34. The van der Waals surface area contributed by atoms with Crippen molar-refractivity contribution in [3.8, 4) is 17.2 Å². The fourth-order valence-electron chi connectivity index (χ4n) is 3.31. The summed E-state index contributed by atoms with van der Waals surface area (Å²) in [5.41, 5.74) is 1.04. The highest BCUT2D eigenvalue weighted by Gasteiger charge is 2.28. The number of phenolic OH excluding ortho intramolecular Hbond substituents is 1. The third-order valence-corrected chi connectivity index (χ3v) is 5.59. The molecule has 1 aliphatic carbocycles. The van der Waals surface area contributed by atoms with Gasteiger partial charge >= 0.3 is 11.9 Å². The van der Waals surface area contributed by atoms with Crippen LogP contribution in [0.4, 0.5) is 5.69 Å². The Hall–Kier alpha value is -3.26. The first-order valence-electron chi connectivity index (χ1n) is 10.3. The van der Waals surface area contributed by atoms with E-state index in [0.29, 0.717) is 22.7 Å². The molecule has 3 rings (SSSR count). The lowest BCUT2D eigenvalue weighted by atomic mass is 9.91. The van der Waals surface area contributed by atoms with Gasteiger partial charge in [-0.2, -0.15) is 0 Å². The van der Waals surface area contributed by atoms with Gasteiger partial charge in [0.15, 0.2) is 0 Å². The number of aromatic hydroxyl groups is 1. The van der Waals surface area contributed by atoms with Crippen LogP contribution in [0.15, 0.2) is 30.3 Å². The number of hydrogen-bond acceptors (Lipinski definition) is 6. The number of rotatable bonds is 6. The van der Waals surface area contributed by atoms with Crippen molar-refractivity contribution in [3.63, 3.8) is 0 Å². The standard InChI is InChI=1S/C23H25ClN2O6/c1-4-31-23(30)21(28)25-14-10-13(2)20(18(24)11-14)32-16-8-9-19(27)17(12-16)22(29)26(3)15-6-5-7-15/h8-12,15,27H,4-7H2,1-3H3,(H,25,28). The second kappa shape index (κ2) is 9.91. The summed E-state index contributed by atoms with van der Waals surface area (Å²) in [6.45, 7) is 3.41. The van der Waals surface area contributed by atoms with Crippen molar-refractivity contribution in [1.29, 1.82) is 0 Å². The number of nitrogens with zero attached hydrogens (tertiary/aromatic N) is 1. The van der Waals surface area contributed by atoms with Crippen LogP contribution in [0.1, 0.15) is 42.1 Å². The Morgan fingerprint density at radius 2 is 1.94 bits per heavy atom. The minimum atomic E-state index is -0.991. The summed E-state index contributed by atoms with van der Waals surface area (Å²) < 4.78 is 10.6. The van der Waals surface area contributed by atoms with Crippen LogP contribution < -0.4 is 10.1 Å². The third kappa shape index (κ3) is 5.13. The highest BCUT2D eigenvalue weighted by Crippen LogP contribution is 2.37. The van der Waals surface area contributed by atoms with E-state index in [1.165, 1.54) is 24.3 Å². The lowest BCUT2D eigenvalue weighted by Crippen LogP contribution is -2.41. The molecule has 0 heterocycles. The molecule has 0 saturated heterocycles. The normalized spacial score (nSPS) is 13.1.